The standard InChI is InChI=1S/C28H38O6/c1-18-9-10-19-15-21(30)17-25(26(19)24(18)12-11-23-16-20(29)13-14-32-23)33-27(31)28(2,3)34-22-7-5-4-6-8-22/h4-10,15,18,20-21,23-26,29-30H,11-14,16-17H2,1-3H3/t18-,20+,21+,23+,24-,25-,26-/m0/s1. The van der Waals surface area contributed by atoms with Crippen molar-refractivity contribution < 1.29 is 29.2 Å². The van der Waals surface area contributed by atoms with Crippen molar-refractivity contribution in [3.63, 3.8) is 0 Å². The number of rotatable bonds is 7. The number of fused-ring (bicyclic) bond motifs is 1. The van der Waals surface area contributed by atoms with E-state index in [0.29, 0.717) is 37.5 Å². The van der Waals surface area contributed by atoms with E-state index >= 15 is 0 Å². The van der Waals surface area contributed by atoms with E-state index in [1.165, 1.54) is 0 Å². The second-order valence-corrected chi connectivity index (χ2v) is 10.5. The van der Waals surface area contributed by atoms with E-state index < -0.39 is 23.8 Å². The fourth-order valence-corrected chi connectivity index (χ4v) is 5.53. The molecule has 1 heterocycles. The van der Waals surface area contributed by atoms with Gasteiger partial charge in [0.25, 0.3) is 0 Å². The summed E-state index contributed by atoms with van der Waals surface area (Å²) in [6, 6.07) is 9.25. The molecule has 6 heteroatoms. The largest absolute Gasteiger partial charge is 0.476 e. The molecule has 2 N–H and O–H groups in total. The van der Waals surface area contributed by atoms with Crippen LogP contribution in [0.25, 0.3) is 0 Å². The third-order valence-electron chi connectivity index (χ3n) is 7.40. The number of carbonyl (C=O) groups excluding carboxylic acids is 1. The fourth-order valence-electron chi connectivity index (χ4n) is 5.53. The van der Waals surface area contributed by atoms with Crippen molar-refractivity contribution in [2.45, 2.75) is 82.9 Å². The maximum absolute atomic E-state index is 13.2. The molecule has 0 amide bonds. The molecule has 1 aliphatic heterocycles. The summed E-state index contributed by atoms with van der Waals surface area (Å²) >= 11 is 0. The molecule has 1 aromatic carbocycles. The zero-order valence-electron chi connectivity index (χ0n) is 20.4. The van der Waals surface area contributed by atoms with Gasteiger partial charge in [-0.15, -0.1) is 0 Å². The van der Waals surface area contributed by atoms with Gasteiger partial charge in [-0.1, -0.05) is 43.4 Å². The van der Waals surface area contributed by atoms with E-state index in [1.807, 2.05) is 36.4 Å². The Morgan fingerprint density at radius 1 is 1.15 bits per heavy atom. The van der Waals surface area contributed by atoms with Crippen LogP contribution in [-0.2, 0) is 14.3 Å². The lowest BCUT2D eigenvalue weighted by molar-refractivity contribution is -0.170. The normalized spacial score (nSPS) is 33.6. The predicted octanol–water partition coefficient (Wildman–Crippen LogP) is 4.21. The highest BCUT2D eigenvalue weighted by Gasteiger charge is 2.44. The Labute approximate surface area is 202 Å². The first-order chi connectivity index (χ1) is 16.2. The summed E-state index contributed by atoms with van der Waals surface area (Å²) in [5.74, 6) is 0.737. The van der Waals surface area contributed by atoms with Gasteiger partial charge in [0.2, 0.25) is 0 Å². The van der Waals surface area contributed by atoms with Crippen molar-refractivity contribution in [2.75, 3.05) is 6.61 Å². The summed E-state index contributed by atoms with van der Waals surface area (Å²) in [5.41, 5.74) is -0.128. The van der Waals surface area contributed by atoms with Crippen LogP contribution in [0.15, 0.2) is 54.1 Å². The van der Waals surface area contributed by atoms with Crippen LogP contribution in [0.3, 0.4) is 0 Å². The number of hydrogen-bond acceptors (Lipinski definition) is 6. The van der Waals surface area contributed by atoms with Crippen molar-refractivity contribution in [3.05, 3.63) is 54.1 Å². The first kappa shape index (κ1) is 25.0. The maximum atomic E-state index is 13.2. The van der Waals surface area contributed by atoms with E-state index in [9.17, 15) is 15.0 Å². The van der Waals surface area contributed by atoms with Crippen molar-refractivity contribution >= 4 is 5.97 Å². The number of para-hydroxylation sites is 1. The highest BCUT2D eigenvalue weighted by atomic mass is 16.6. The van der Waals surface area contributed by atoms with E-state index in [-0.39, 0.29) is 24.0 Å². The van der Waals surface area contributed by atoms with Crippen LogP contribution in [0.4, 0.5) is 0 Å². The molecule has 0 aromatic heterocycles. The van der Waals surface area contributed by atoms with Crippen LogP contribution in [0, 0.1) is 17.8 Å². The summed E-state index contributed by atoms with van der Waals surface area (Å²) in [7, 11) is 0. The Balaban J connectivity index is 1.48. The lowest BCUT2D eigenvalue weighted by Gasteiger charge is -2.43. The van der Waals surface area contributed by atoms with Crippen LogP contribution in [0.2, 0.25) is 0 Å². The van der Waals surface area contributed by atoms with Crippen molar-refractivity contribution in [1.82, 2.24) is 0 Å². The van der Waals surface area contributed by atoms with Crippen LogP contribution in [0.1, 0.15) is 52.9 Å². The third-order valence-corrected chi connectivity index (χ3v) is 7.40. The van der Waals surface area contributed by atoms with E-state index in [4.69, 9.17) is 14.2 Å². The fraction of sp³-hybridized carbons (Fsp3) is 0.607. The molecule has 34 heavy (non-hydrogen) atoms. The number of ether oxygens (including phenoxy) is 3. The topological polar surface area (TPSA) is 85.2 Å². The van der Waals surface area contributed by atoms with Crippen LogP contribution >= 0.6 is 0 Å². The number of esters is 1. The number of hydrogen-bond donors (Lipinski definition) is 2. The quantitative estimate of drug-likeness (QED) is 0.581. The van der Waals surface area contributed by atoms with Crippen molar-refractivity contribution in [1.29, 1.82) is 0 Å². The Kier molecular flexibility index (Phi) is 7.80. The minimum atomic E-state index is -1.16. The minimum Gasteiger partial charge on any atom is -0.476 e. The molecule has 0 unspecified atom stereocenters. The Bertz CT molecular complexity index is 891. The monoisotopic (exact) mass is 470 g/mol. The molecule has 0 bridgehead atoms. The van der Waals surface area contributed by atoms with Crippen molar-refractivity contribution in [2.24, 2.45) is 17.8 Å². The van der Waals surface area contributed by atoms with E-state index in [2.05, 4.69) is 19.1 Å². The highest BCUT2D eigenvalue weighted by Crippen LogP contribution is 2.44. The second kappa shape index (κ2) is 10.6. The van der Waals surface area contributed by atoms with Gasteiger partial charge in [0.1, 0.15) is 11.9 Å². The molecule has 0 radical (unpaired) electrons. The third kappa shape index (κ3) is 5.91. The number of carbonyl (C=O) groups is 1. The van der Waals surface area contributed by atoms with Gasteiger partial charge in [0, 0.05) is 18.9 Å². The zero-order valence-corrected chi connectivity index (χ0v) is 20.4. The van der Waals surface area contributed by atoms with E-state index in [1.54, 1.807) is 13.8 Å². The molecule has 2 aliphatic carbocycles. The van der Waals surface area contributed by atoms with Gasteiger partial charge in [-0.2, -0.15) is 0 Å². The lowest BCUT2D eigenvalue weighted by Crippen LogP contribution is -2.47. The molecule has 0 spiro atoms. The molecule has 4 rings (SSSR count). The van der Waals surface area contributed by atoms with Gasteiger partial charge < -0.3 is 24.4 Å². The first-order valence-corrected chi connectivity index (χ1v) is 12.6. The maximum Gasteiger partial charge on any atom is 0.350 e. The highest BCUT2D eigenvalue weighted by molar-refractivity contribution is 5.79. The number of benzene rings is 1. The van der Waals surface area contributed by atoms with Gasteiger partial charge in [-0.05, 0) is 69.1 Å². The Morgan fingerprint density at radius 3 is 2.65 bits per heavy atom. The van der Waals surface area contributed by atoms with Crippen molar-refractivity contribution in [3.8, 4) is 5.75 Å². The lowest BCUT2D eigenvalue weighted by atomic mass is 9.66. The number of allylic oxidation sites excluding steroid dienone is 2. The molecule has 1 fully saturated rings. The minimum absolute atomic E-state index is 0.00777. The molecule has 6 nitrogen and oxygen atoms in total. The van der Waals surface area contributed by atoms with Gasteiger partial charge >= 0.3 is 5.97 Å². The van der Waals surface area contributed by atoms with Gasteiger partial charge in [-0.25, -0.2) is 4.79 Å². The van der Waals surface area contributed by atoms with E-state index in [0.717, 1.165) is 18.4 Å². The molecule has 1 saturated heterocycles. The average molecular weight is 471 g/mol. The van der Waals surface area contributed by atoms with Gasteiger partial charge in [-0.3, -0.25) is 0 Å². The number of aliphatic hydroxyl groups excluding tert-OH is 2. The van der Waals surface area contributed by atoms with Gasteiger partial charge in [0.15, 0.2) is 5.60 Å². The van der Waals surface area contributed by atoms with Crippen LogP contribution in [0.5, 0.6) is 5.75 Å². The molecule has 3 aliphatic rings. The molecule has 7 atom stereocenters. The van der Waals surface area contributed by atoms with Crippen LogP contribution < -0.4 is 4.74 Å². The predicted molar refractivity (Wildman–Crippen MR) is 129 cm³/mol. The average Bonchev–Trinajstić information content (AvgIpc) is 2.79. The Morgan fingerprint density at radius 2 is 1.91 bits per heavy atom. The number of aliphatic hydroxyl groups is 2. The molecule has 0 saturated carbocycles. The SMILES string of the molecule is C[C@H]1C=CC2=C[C@@H](O)C[C@H](OC(=O)C(C)(C)Oc3ccccc3)[C@@H]2[C@H]1CC[C@@H]1C[C@H](O)CCO1. The summed E-state index contributed by atoms with van der Waals surface area (Å²) < 4.78 is 17.9. The molecule has 186 valence electrons. The first-order valence-electron chi connectivity index (χ1n) is 12.6. The summed E-state index contributed by atoms with van der Waals surface area (Å²) in [6.45, 7) is 6.22. The summed E-state index contributed by atoms with van der Waals surface area (Å²) in [6.07, 6.45) is 8.34. The summed E-state index contributed by atoms with van der Waals surface area (Å²) in [5, 5.41) is 20.5. The smallest absolute Gasteiger partial charge is 0.350 e. The zero-order chi connectivity index (χ0) is 24.3. The summed E-state index contributed by atoms with van der Waals surface area (Å²) in [4.78, 5) is 13.2. The Hall–Kier alpha value is -2.15. The second-order valence-electron chi connectivity index (χ2n) is 10.5. The molecular formula is C28H38O6. The molecule has 1 aromatic rings. The molecular weight excluding hydrogens is 432 g/mol. The van der Waals surface area contributed by atoms with Crippen LogP contribution in [-0.4, -0.2) is 52.8 Å². The van der Waals surface area contributed by atoms with Gasteiger partial charge in [0.05, 0.1) is 18.3 Å².